The number of nitriles is 1. The van der Waals surface area contributed by atoms with Gasteiger partial charge >= 0.3 is 12.2 Å². The van der Waals surface area contributed by atoms with E-state index in [0.717, 1.165) is 30.8 Å². The van der Waals surface area contributed by atoms with Crippen LogP contribution in [0.1, 0.15) is 65.8 Å². The van der Waals surface area contributed by atoms with Crippen molar-refractivity contribution in [3.05, 3.63) is 60.2 Å². The lowest BCUT2D eigenvalue weighted by Gasteiger charge is -2.29. The van der Waals surface area contributed by atoms with Crippen LogP contribution in [0.4, 0.5) is 9.59 Å². The highest BCUT2D eigenvalue weighted by molar-refractivity contribution is 5.69. The first-order valence-corrected chi connectivity index (χ1v) is 15.7. The van der Waals surface area contributed by atoms with Gasteiger partial charge in [-0.05, 0) is 96.4 Å². The molecule has 10 nitrogen and oxygen atoms in total. The smallest absolute Gasteiger partial charge is 0.410 e. The predicted molar refractivity (Wildman–Crippen MR) is 165 cm³/mol. The van der Waals surface area contributed by atoms with Gasteiger partial charge in [0.1, 0.15) is 16.6 Å². The molecule has 2 saturated carbocycles. The molecule has 2 aliphatic carbocycles. The molecule has 4 aliphatic rings. The van der Waals surface area contributed by atoms with Gasteiger partial charge in [-0.3, -0.25) is 9.97 Å². The second-order valence-corrected chi connectivity index (χ2v) is 14.5. The number of nitrogens with two attached hydrogens (primary N) is 1. The Bertz CT molecular complexity index is 1380. The molecule has 6 unspecified atom stereocenters. The molecule has 6 atom stereocenters. The average Bonchev–Trinajstić information content (AvgIpc) is 3.86. The van der Waals surface area contributed by atoms with Crippen molar-refractivity contribution in [2.75, 3.05) is 32.7 Å². The van der Waals surface area contributed by atoms with Crippen molar-refractivity contribution in [2.24, 2.45) is 29.4 Å². The minimum atomic E-state index is -0.530. The molecular formula is C34H46N6O4. The molecule has 2 amide bonds. The molecule has 0 radical (unpaired) electrons. The van der Waals surface area contributed by atoms with Gasteiger partial charge in [0, 0.05) is 62.1 Å². The predicted octanol–water partition coefficient (Wildman–Crippen LogP) is 4.89. The van der Waals surface area contributed by atoms with E-state index in [-0.39, 0.29) is 23.5 Å². The van der Waals surface area contributed by atoms with E-state index in [1.165, 1.54) is 0 Å². The maximum Gasteiger partial charge on any atom is 0.410 e. The zero-order valence-electron chi connectivity index (χ0n) is 26.8. The minimum absolute atomic E-state index is 0.0575. The number of hydrogen-bond donors (Lipinski definition) is 1. The largest absolute Gasteiger partial charge is 0.444 e. The van der Waals surface area contributed by atoms with Crippen LogP contribution < -0.4 is 5.73 Å². The van der Waals surface area contributed by atoms with Crippen molar-refractivity contribution in [3.8, 4) is 6.07 Å². The fourth-order valence-electron chi connectivity index (χ4n) is 7.46. The molecule has 4 fully saturated rings. The highest BCUT2D eigenvalue weighted by Gasteiger charge is 2.69. The third-order valence-corrected chi connectivity index (χ3v) is 9.56. The fourth-order valence-corrected chi connectivity index (χ4v) is 7.46. The molecule has 6 rings (SSSR count). The Hall–Kier alpha value is -3.71. The number of fused-ring (bicyclic) bond motifs is 2. The van der Waals surface area contributed by atoms with E-state index in [1.807, 2.05) is 83.0 Å². The molecule has 0 aromatic carbocycles. The van der Waals surface area contributed by atoms with Gasteiger partial charge in [-0.25, -0.2) is 9.59 Å². The van der Waals surface area contributed by atoms with Crippen molar-refractivity contribution >= 4 is 12.2 Å². The van der Waals surface area contributed by atoms with Gasteiger partial charge < -0.3 is 25.0 Å². The van der Waals surface area contributed by atoms with Crippen molar-refractivity contribution in [3.63, 3.8) is 0 Å². The number of aromatic nitrogens is 2. The number of amides is 2. The number of likely N-dealkylation sites (tertiary alicyclic amines) is 2. The number of ether oxygens (including phenoxy) is 2. The first-order valence-electron chi connectivity index (χ1n) is 15.7. The summed E-state index contributed by atoms with van der Waals surface area (Å²) in [5, 5.41) is 9.73. The van der Waals surface area contributed by atoms with Crippen molar-refractivity contribution in [1.29, 1.82) is 5.26 Å². The standard InChI is InChI=1S/C17H25N3O2.C17H21N3O2/c2*1-16(2,3)22-15(21)20-9-7-12-13(10-20)17(12,11-18)14-6-4-5-8-19-14/h4-6,8,12-13H,7,9-11,18H2,1-3H3;4-6,8,12-13H,7,9-10H2,1-3H3. The van der Waals surface area contributed by atoms with Gasteiger partial charge in [-0.15, -0.1) is 0 Å². The van der Waals surface area contributed by atoms with Gasteiger partial charge in [0.2, 0.25) is 0 Å². The van der Waals surface area contributed by atoms with E-state index in [0.29, 0.717) is 43.9 Å². The highest BCUT2D eigenvalue weighted by atomic mass is 16.6. The summed E-state index contributed by atoms with van der Waals surface area (Å²) in [6, 6.07) is 14.2. The molecule has 236 valence electrons. The molecule has 2 saturated heterocycles. The highest BCUT2D eigenvalue weighted by Crippen LogP contribution is 2.63. The zero-order valence-corrected chi connectivity index (χ0v) is 26.8. The lowest BCUT2D eigenvalue weighted by molar-refractivity contribution is 0.0196. The van der Waals surface area contributed by atoms with Crippen LogP contribution in [-0.4, -0.2) is 75.9 Å². The minimum Gasteiger partial charge on any atom is -0.444 e. The Morgan fingerprint density at radius 1 is 0.841 bits per heavy atom. The van der Waals surface area contributed by atoms with Gasteiger partial charge in [0.05, 0.1) is 11.8 Å². The lowest BCUT2D eigenvalue weighted by Crippen LogP contribution is -2.41. The van der Waals surface area contributed by atoms with Crippen LogP contribution in [0.3, 0.4) is 0 Å². The van der Waals surface area contributed by atoms with Crippen LogP contribution in [0, 0.1) is 35.0 Å². The Labute approximate surface area is 260 Å². The number of piperidine rings is 2. The summed E-state index contributed by atoms with van der Waals surface area (Å²) in [6.07, 6.45) is 4.84. The van der Waals surface area contributed by atoms with Gasteiger partial charge in [0.15, 0.2) is 0 Å². The number of carbonyl (C=O) groups is 2. The molecule has 10 heteroatoms. The van der Waals surface area contributed by atoms with Crippen molar-refractivity contribution < 1.29 is 19.1 Å². The summed E-state index contributed by atoms with van der Waals surface area (Å²) in [7, 11) is 0. The number of rotatable bonds is 3. The number of hydrogen-bond acceptors (Lipinski definition) is 8. The van der Waals surface area contributed by atoms with Crippen molar-refractivity contribution in [2.45, 2.75) is 76.4 Å². The van der Waals surface area contributed by atoms with Crippen LogP contribution in [0.25, 0.3) is 0 Å². The third kappa shape index (κ3) is 5.99. The second kappa shape index (κ2) is 11.7. The van der Waals surface area contributed by atoms with Gasteiger partial charge in [0.25, 0.3) is 0 Å². The van der Waals surface area contributed by atoms with Gasteiger partial charge in [-0.2, -0.15) is 5.26 Å². The summed E-state index contributed by atoms with van der Waals surface area (Å²) in [5.41, 5.74) is 6.47. The van der Waals surface area contributed by atoms with E-state index in [9.17, 15) is 14.9 Å². The molecule has 0 spiro atoms. The summed E-state index contributed by atoms with van der Waals surface area (Å²) in [5.74, 6) is 1.39. The summed E-state index contributed by atoms with van der Waals surface area (Å²) >= 11 is 0. The first kappa shape index (κ1) is 31.7. The van der Waals surface area contributed by atoms with Crippen LogP contribution in [0.5, 0.6) is 0 Å². The van der Waals surface area contributed by atoms with Crippen LogP contribution in [0.2, 0.25) is 0 Å². The SMILES string of the molecule is CC(C)(C)OC(=O)N1CCC2C(C1)C2(C#N)c1ccccn1.CC(C)(C)OC(=O)N1CCC2C(C1)C2(CN)c1ccccn1. The Kier molecular flexibility index (Phi) is 8.40. The fraction of sp³-hybridized carbons (Fsp3) is 0.618. The normalized spacial score (nSPS) is 30.4. The molecule has 2 aromatic heterocycles. The van der Waals surface area contributed by atoms with Crippen LogP contribution in [-0.2, 0) is 20.3 Å². The molecule has 2 N–H and O–H groups in total. The monoisotopic (exact) mass is 602 g/mol. The molecule has 44 heavy (non-hydrogen) atoms. The molecule has 2 aromatic rings. The Morgan fingerprint density at radius 3 is 1.80 bits per heavy atom. The summed E-state index contributed by atoms with van der Waals surface area (Å²) in [4.78, 5) is 36.9. The number of carbonyl (C=O) groups excluding carboxylic acids is 2. The van der Waals surface area contributed by atoms with E-state index < -0.39 is 16.6 Å². The maximum atomic E-state index is 12.3. The number of nitrogens with zero attached hydrogens (tertiary/aromatic N) is 5. The Balaban J connectivity index is 0.000000175. The topological polar surface area (TPSA) is 135 Å². The average molecular weight is 603 g/mol. The second-order valence-electron chi connectivity index (χ2n) is 14.5. The quantitative estimate of drug-likeness (QED) is 0.525. The van der Waals surface area contributed by atoms with Crippen molar-refractivity contribution in [1.82, 2.24) is 19.8 Å². The van der Waals surface area contributed by atoms with Gasteiger partial charge in [-0.1, -0.05) is 12.1 Å². The Morgan fingerprint density at radius 2 is 1.34 bits per heavy atom. The molecule has 0 bridgehead atoms. The summed E-state index contributed by atoms with van der Waals surface area (Å²) < 4.78 is 10.9. The summed E-state index contributed by atoms with van der Waals surface area (Å²) in [6.45, 7) is 14.5. The molecule has 2 aliphatic heterocycles. The van der Waals surface area contributed by atoms with E-state index in [4.69, 9.17) is 15.2 Å². The van der Waals surface area contributed by atoms with E-state index >= 15 is 0 Å². The molecular weight excluding hydrogens is 556 g/mol. The first-order chi connectivity index (χ1) is 20.8. The molecule has 4 heterocycles. The van der Waals surface area contributed by atoms with E-state index in [2.05, 4.69) is 22.1 Å². The van der Waals surface area contributed by atoms with E-state index in [1.54, 1.807) is 11.1 Å². The third-order valence-electron chi connectivity index (χ3n) is 9.56. The van der Waals surface area contributed by atoms with Crippen LogP contribution >= 0.6 is 0 Å². The maximum absolute atomic E-state index is 12.3. The lowest BCUT2D eigenvalue weighted by atomic mass is 9.96. The van der Waals surface area contributed by atoms with Crippen LogP contribution in [0.15, 0.2) is 48.8 Å². The zero-order chi connectivity index (χ0) is 31.9. The number of pyridine rings is 2.